The smallest absolute Gasteiger partial charge is 0.373 e. The molecule has 168 valence electrons. The normalized spacial score (nSPS) is 14.6. The minimum Gasteiger partial charge on any atom is -0.483 e. The highest BCUT2D eigenvalue weighted by Gasteiger charge is 2.34. The molecule has 4 rings (SSSR count). The molecule has 0 saturated carbocycles. The van der Waals surface area contributed by atoms with Crippen molar-refractivity contribution in [3.63, 3.8) is 0 Å². The Hall–Kier alpha value is -4.60. The zero-order valence-electron chi connectivity index (χ0n) is 17.5. The summed E-state index contributed by atoms with van der Waals surface area (Å²) >= 11 is 0. The van der Waals surface area contributed by atoms with Crippen molar-refractivity contribution in [3.05, 3.63) is 71.3 Å². The largest absolute Gasteiger partial charge is 0.483 e. The molecule has 33 heavy (non-hydrogen) atoms. The summed E-state index contributed by atoms with van der Waals surface area (Å²) in [6.45, 7) is -0.526. The van der Waals surface area contributed by atoms with Gasteiger partial charge in [-0.25, -0.2) is 9.59 Å². The summed E-state index contributed by atoms with van der Waals surface area (Å²) in [6.07, 6.45) is 1.49. The lowest BCUT2D eigenvalue weighted by molar-refractivity contribution is -0.123. The van der Waals surface area contributed by atoms with E-state index >= 15 is 0 Å². The number of esters is 1. The Kier molecular flexibility index (Phi) is 5.81. The lowest BCUT2D eigenvalue weighted by Gasteiger charge is -2.12. The van der Waals surface area contributed by atoms with E-state index < -0.39 is 23.8 Å². The number of nitrogens with two attached hydrogens (primary N) is 1. The number of urea groups is 1. The minimum absolute atomic E-state index is 0.0139. The van der Waals surface area contributed by atoms with Gasteiger partial charge in [0.1, 0.15) is 17.2 Å². The fourth-order valence-corrected chi connectivity index (χ4v) is 3.39. The maximum Gasteiger partial charge on any atom is 0.373 e. The summed E-state index contributed by atoms with van der Waals surface area (Å²) in [5.41, 5.74) is 5.71. The summed E-state index contributed by atoms with van der Waals surface area (Å²) in [7, 11) is 1.22. The predicted octanol–water partition coefficient (Wildman–Crippen LogP) is 2.18. The number of furan rings is 1. The number of methoxy groups -OCH3 is 1. The lowest BCUT2D eigenvalue weighted by atomic mass is 10.0. The molecule has 3 aromatic rings. The minimum atomic E-state index is -0.668. The zero-order valence-corrected chi connectivity index (χ0v) is 17.5. The van der Waals surface area contributed by atoms with E-state index in [4.69, 9.17) is 14.9 Å². The third-order valence-corrected chi connectivity index (χ3v) is 4.91. The van der Waals surface area contributed by atoms with Crippen LogP contribution in [0, 0.1) is 0 Å². The van der Waals surface area contributed by atoms with Crippen LogP contribution in [0.1, 0.15) is 21.9 Å². The summed E-state index contributed by atoms with van der Waals surface area (Å²) < 4.78 is 15.5. The third kappa shape index (κ3) is 4.40. The molecule has 0 aliphatic carbocycles. The fourth-order valence-electron chi connectivity index (χ4n) is 3.39. The van der Waals surface area contributed by atoms with Crippen molar-refractivity contribution >= 4 is 40.7 Å². The standard InChI is InChI=1S/C23H19N3O7/c1-31-22(29)19-9-7-14(33-19)11-26-21(28)17(25-23(26)30)10-16-15-5-3-2-4-13(15)6-8-18(16)32-12-20(24)27/h2-10H,11-12H2,1H3,(H2,24,27)(H,25,30). The van der Waals surface area contributed by atoms with E-state index in [1.165, 1.54) is 25.3 Å². The molecule has 0 unspecified atom stereocenters. The van der Waals surface area contributed by atoms with E-state index in [0.717, 1.165) is 15.7 Å². The van der Waals surface area contributed by atoms with E-state index in [2.05, 4.69) is 10.1 Å². The van der Waals surface area contributed by atoms with Crippen LogP contribution in [0.25, 0.3) is 16.8 Å². The Bertz CT molecular complexity index is 1310. The van der Waals surface area contributed by atoms with Crippen LogP contribution in [-0.4, -0.2) is 42.4 Å². The molecular formula is C23H19N3O7. The van der Waals surface area contributed by atoms with E-state index in [-0.39, 0.29) is 30.4 Å². The SMILES string of the molecule is COC(=O)c1ccc(CN2C(=O)NC(=Cc3c(OCC(N)=O)ccc4ccccc34)C2=O)o1. The number of rotatable bonds is 7. The van der Waals surface area contributed by atoms with Gasteiger partial charge in [-0.3, -0.25) is 14.5 Å². The van der Waals surface area contributed by atoms with E-state index in [0.29, 0.717) is 11.3 Å². The van der Waals surface area contributed by atoms with Crippen LogP contribution in [0.5, 0.6) is 5.75 Å². The maximum absolute atomic E-state index is 13.0. The Morgan fingerprint density at radius 2 is 1.91 bits per heavy atom. The average Bonchev–Trinajstić information content (AvgIpc) is 3.38. The van der Waals surface area contributed by atoms with E-state index in [1.54, 1.807) is 6.07 Å². The van der Waals surface area contributed by atoms with Crippen molar-refractivity contribution in [1.82, 2.24) is 10.2 Å². The topological polar surface area (TPSA) is 141 Å². The number of amides is 4. The van der Waals surface area contributed by atoms with E-state index in [1.807, 2.05) is 30.3 Å². The maximum atomic E-state index is 13.0. The predicted molar refractivity (Wildman–Crippen MR) is 116 cm³/mol. The highest BCUT2D eigenvalue weighted by atomic mass is 16.5. The van der Waals surface area contributed by atoms with Gasteiger partial charge in [-0.1, -0.05) is 30.3 Å². The molecule has 1 fully saturated rings. The number of ether oxygens (including phenoxy) is 2. The summed E-state index contributed by atoms with van der Waals surface area (Å²) in [5, 5.41) is 4.16. The quantitative estimate of drug-likeness (QED) is 0.320. The molecule has 0 bridgehead atoms. The van der Waals surface area contributed by atoms with Crippen molar-refractivity contribution < 1.29 is 33.1 Å². The fraction of sp³-hybridized carbons (Fsp3) is 0.130. The molecule has 0 radical (unpaired) electrons. The second-order valence-electron chi connectivity index (χ2n) is 7.09. The molecule has 1 aromatic heterocycles. The molecule has 1 aliphatic heterocycles. The Morgan fingerprint density at radius 1 is 1.12 bits per heavy atom. The van der Waals surface area contributed by atoms with Crippen LogP contribution in [0.15, 0.2) is 58.6 Å². The van der Waals surface area contributed by atoms with Gasteiger partial charge in [-0.15, -0.1) is 0 Å². The van der Waals surface area contributed by atoms with Crippen LogP contribution in [0.4, 0.5) is 4.79 Å². The van der Waals surface area contributed by atoms with Crippen molar-refractivity contribution in [2.24, 2.45) is 5.73 Å². The van der Waals surface area contributed by atoms with Gasteiger partial charge in [0, 0.05) is 5.56 Å². The number of hydrogen-bond acceptors (Lipinski definition) is 7. The lowest BCUT2D eigenvalue weighted by Crippen LogP contribution is -2.30. The number of nitrogens with zero attached hydrogens (tertiary/aromatic N) is 1. The highest BCUT2D eigenvalue weighted by Crippen LogP contribution is 2.31. The molecule has 10 nitrogen and oxygen atoms in total. The number of primary amides is 1. The van der Waals surface area contributed by atoms with Gasteiger partial charge in [0.2, 0.25) is 5.76 Å². The van der Waals surface area contributed by atoms with Gasteiger partial charge < -0.3 is 24.9 Å². The molecule has 1 aliphatic rings. The van der Waals surface area contributed by atoms with E-state index in [9.17, 15) is 19.2 Å². The zero-order chi connectivity index (χ0) is 23.5. The van der Waals surface area contributed by atoms with Gasteiger partial charge >= 0.3 is 12.0 Å². The molecule has 0 spiro atoms. The number of carbonyl (C=O) groups excluding carboxylic acids is 4. The van der Waals surface area contributed by atoms with Gasteiger partial charge in [-0.2, -0.15) is 0 Å². The number of imide groups is 1. The van der Waals surface area contributed by atoms with Gasteiger partial charge in [-0.05, 0) is 35.0 Å². The molecular weight excluding hydrogens is 430 g/mol. The first kappa shape index (κ1) is 21.6. The number of carbonyl (C=O) groups is 4. The Labute approximate surface area is 187 Å². The number of benzene rings is 2. The summed E-state index contributed by atoms with van der Waals surface area (Å²) in [4.78, 5) is 49.1. The molecule has 4 amide bonds. The van der Waals surface area contributed by atoms with Crippen LogP contribution in [-0.2, 0) is 20.9 Å². The molecule has 0 atom stereocenters. The van der Waals surface area contributed by atoms with Crippen LogP contribution in [0.3, 0.4) is 0 Å². The molecule has 2 heterocycles. The van der Waals surface area contributed by atoms with Crippen molar-refractivity contribution in [3.8, 4) is 5.75 Å². The first-order valence-corrected chi connectivity index (χ1v) is 9.82. The van der Waals surface area contributed by atoms with Crippen LogP contribution in [0.2, 0.25) is 0 Å². The molecule has 2 aromatic carbocycles. The monoisotopic (exact) mass is 449 g/mol. The van der Waals surface area contributed by atoms with Crippen molar-refractivity contribution in [2.75, 3.05) is 13.7 Å². The molecule has 10 heteroatoms. The van der Waals surface area contributed by atoms with Crippen LogP contribution >= 0.6 is 0 Å². The average molecular weight is 449 g/mol. The number of fused-ring (bicyclic) bond motifs is 1. The van der Waals surface area contributed by atoms with Gasteiger partial charge in [0.25, 0.3) is 11.8 Å². The molecule has 3 N–H and O–H groups in total. The van der Waals surface area contributed by atoms with Gasteiger partial charge in [0.15, 0.2) is 6.61 Å². The second-order valence-corrected chi connectivity index (χ2v) is 7.09. The van der Waals surface area contributed by atoms with Crippen molar-refractivity contribution in [2.45, 2.75) is 6.54 Å². The summed E-state index contributed by atoms with van der Waals surface area (Å²) in [5.74, 6) is -1.39. The number of nitrogens with one attached hydrogen (secondary N) is 1. The first-order valence-electron chi connectivity index (χ1n) is 9.82. The summed E-state index contributed by atoms with van der Waals surface area (Å²) in [6, 6.07) is 13.1. The van der Waals surface area contributed by atoms with Crippen LogP contribution < -0.4 is 15.8 Å². The second kappa shape index (κ2) is 8.87. The van der Waals surface area contributed by atoms with Gasteiger partial charge in [0.05, 0.1) is 13.7 Å². The Morgan fingerprint density at radius 3 is 2.67 bits per heavy atom. The highest BCUT2D eigenvalue weighted by molar-refractivity contribution is 6.14. The van der Waals surface area contributed by atoms with Crippen molar-refractivity contribution in [1.29, 1.82) is 0 Å². The first-order chi connectivity index (χ1) is 15.9. The Balaban J connectivity index is 1.65. The molecule has 1 saturated heterocycles. The number of hydrogen-bond donors (Lipinski definition) is 2. The third-order valence-electron chi connectivity index (χ3n) is 4.91.